The second-order valence-electron chi connectivity index (χ2n) is 7.23. The zero-order valence-corrected chi connectivity index (χ0v) is 15.3. The second kappa shape index (κ2) is 6.16. The average Bonchev–Trinajstić information content (AvgIpc) is 3.07. The zero-order chi connectivity index (χ0) is 17.4. The Balaban J connectivity index is 1.83. The van der Waals surface area contributed by atoms with E-state index in [0.29, 0.717) is 5.56 Å². The summed E-state index contributed by atoms with van der Waals surface area (Å²) in [7, 11) is 0. The summed E-state index contributed by atoms with van der Waals surface area (Å²) < 4.78 is 7.46. The first-order valence-electron chi connectivity index (χ1n) is 8.60. The van der Waals surface area contributed by atoms with Crippen LogP contribution in [-0.4, -0.2) is 11.6 Å². The Labute approximate surface area is 151 Å². The van der Waals surface area contributed by atoms with Gasteiger partial charge < -0.3 is 4.74 Å². The highest BCUT2D eigenvalue weighted by Gasteiger charge is 2.33. The number of nitriles is 1. The van der Waals surface area contributed by atoms with E-state index in [9.17, 15) is 5.26 Å². The number of thiophene rings is 1. The van der Waals surface area contributed by atoms with Gasteiger partial charge in [0.15, 0.2) is 0 Å². The van der Waals surface area contributed by atoms with E-state index in [4.69, 9.17) is 4.74 Å². The molecule has 0 N–H and O–H groups in total. The summed E-state index contributed by atoms with van der Waals surface area (Å²) >= 11 is 1.68. The summed E-state index contributed by atoms with van der Waals surface area (Å²) in [6, 6.07) is 10.2. The molecular weight excluding hydrogens is 328 g/mol. The highest BCUT2D eigenvalue weighted by Crippen LogP contribution is 2.43. The number of pyridine rings is 1. The van der Waals surface area contributed by atoms with Gasteiger partial charge >= 0.3 is 0 Å². The van der Waals surface area contributed by atoms with Crippen molar-refractivity contribution in [2.24, 2.45) is 5.41 Å². The summed E-state index contributed by atoms with van der Waals surface area (Å²) in [5, 5.41) is 11.5. The minimum Gasteiger partial charge on any atom is -0.492 e. The summed E-state index contributed by atoms with van der Waals surface area (Å²) in [6.45, 7) is 5.04. The lowest BCUT2D eigenvalue weighted by Crippen LogP contribution is -2.32. The van der Waals surface area contributed by atoms with E-state index in [1.807, 2.05) is 37.4 Å². The van der Waals surface area contributed by atoms with E-state index in [0.717, 1.165) is 39.3 Å². The van der Waals surface area contributed by atoms with Crippen LogP contribution < -0.4 is 4.74 Å². The van der Waals surface area contributed by atoms with Crippen LogP contribution in [0.5, 0.6) is 5.75 Å². The van der Waals surface area contributed by atoms with Gasteiger partial charge in [0.05, 0.1) is 28.5 Å². The van der Waals surface area contributed by atoms with E-state index in [1.54, 1.807) is 11.3 Å². The van der Waals surface area contributed by atoms with E-state index in [-0.39, 0.29) is 5.41 Å². The predicted octanol–water partition coefficient (Wildman–Crippen LogP) is 5.71. The third-order valence-electron chi connectivity index (χ3n) is 5.16. The Morgan fingerprint density at radius 2 is 2.12 bits per heavy atom. The summed E-state index contributed by atoms with van der Waals surface area (Å²) in [5.74, 6) is 0.896. The van der Waals surface area contributed by atoms with Gasteiger partial charge in [0.2, 0.25) is 0 Å². The molecule has 2 aromatic heterocycles. The maximum atomic E-state index is 9.40. The molecular formula is C21H20N2OS. The van der Waals surface area contributed by atoms with Crippen molar-refractivity contribution >= 4 is 21.6 Å². The summed E-state index contributed by atoms with van der Waals surface area (Å²) in [6.07, 6.45) is 5.57. The molecule has 1 aliphatic carbocycles. The predicted molar refractivity (Wildman–Crippen MR) is 102 cm³/mol. The standard InChI is InChI=1S/C21H20N2OS/c1-14-10-15(12-22)11-17(19(14)24-13-21(2)6-3-7-21)16-4-8-23-18-5-9-25-20(16)18/h4-5,8-11H,3,6-7,13H2,1-2H3. The second-order valence-corrected chi connectivity index (χ2v) is 8.14. The molecule has 0 aliphatic heterocycles. The fourth-order valence-electron chi connectivity index (χ4n) is 3.49. The quantitative estimate of drug-likeness (QED) is 0.606. The number of benzene rings is 1. The topological polar surface area (TPSA) is 45.9 Å². The van der Waals surface area contributed by atoms with E-state index in [1.165, 1.54) is 19.3 Å². The molecule has 2 heterocycles. The minimum absolute atomic E-state index is 0.286. The molecule has 0 unspecified atom stereocenters. The number of aryl methyl sites for hydroxylation is 1. The average molecular weight is 348 g/mol. The van der Waals surface area contributed by atoms with Gasteiger partial charge in [-0.1, -0.05) is 13.3 Å². The van der Waals surface area contributed by atoms with Crippen LogP contribution in [0, 0.1) is 23.7 Å². The van der Waals surface area contributed by atoms with Gasteiger partial charge in [0.25, 0.3) is 0 Å². The molecule has 3 aromatic rings. The van der Waals surface area contributed by atoms with E-state index < -0.39 is 0 Å². The number of ether oxygens (including phenoxy) is 1. The normalized spacial score (nSPS) is 15.6. The first-order chi connectivity index (χ1) is 12.1. The van der Waals surface area contributed by atoms with Crippen molar-refractivity contribution in [1.82, 2.24) is 4.98 Å². The maximum Gasteiger partial charge on any atom is 0.130 e. The number of hydrogen-bond acceptors (Lipinski definition) is 4. The van der Waals surface area contributed by atoms with Crippen LogP contribution in [0.2, 0.25) is 0 Å². The van der Waals surface area contributed by atoms with Gasteiger partial charge in [-0.15, -0.1) is 11.3 Å². The third-order valence-corrected chi connectivity index (χ3v) is 6.10. The van der Waals surface area contributed by atoms with Gasteiger partial charge in [0, 0.05) is 22.7 Å². The lowest BCUT2D eigenvalue weighted by Gasteiger charge is -2.38. The molecule has 0 bridgehead atoms. The number of rotatable bonds is 4. The van der Waals surface area contributed by atoms with E-state index in [2.05, 4.69) is 23.4 Å². The Kier molecular flexibility index (Phi) is 3.97. The van der Waals surface area contributed by atoms with Gasteiger partial charge in [-0.25, -0.2) is 0 Å². The largest absolute Gasteiger partial charge is 0.492 e. The van der Waals surface area contributed by atoms with Crippen LogP contribution in [0.4, 0.5) is 0 Å². The number of fused-ring (bicyclic) bond motifs is 1. The number of nitrogens with zero attached hydrogens (tertiary/aromatic N) is 2. The highest BCUT2D eigenvalue weighted by atomic mass is 32.1. The highest BCUT2D eigenvalue weighted by molar-refractivity contribution is 7.17. The summed E-state index contributed by atoms with van der Waals surface area (Å²) in [4.78, 5) is 4.43. The van der Waals surface area contributed by atoms with Gasteiger partial charge in [0.1, 0.15) is 5.75 Å². The van der Waals surface area contributed by atoms with Crippen molar-refractivity contribution in [2.75, 3.05) is 6.61 Å². The molecule has 3 nitrogen and oxygen atoms in total. The van der Waals surface area contributed by atoms with Gasteiger partial charge in [-0.3, -0.25) is 4.98 Å². The van der Waals surface area contributed by atoms with Crippen molar-refractivity contribution < 1.29 is 4.74 Å². The molecule has 1 aliphatic rings. The van der Waals surface area contributed by atoms with Crippen molar-refractivity contribution in [3.05, 3.63) is 47.0 Å². The van der Waals surface area contributed by atoms with Crippen LogP contribution in [0.25, 0.3) is 21.3 Å². The Morgan fingerprint density at radius 1 is 1.28 bits per heavy atom. The molecule has 1 fully saturated rings. The molecule has 4 heteroatoms. The Bertz CT molecular complexity index is 979. The Hall–Kier alpha value is -2.38. The maximum absolute atomic E-state index is 9.40. The molecule has 0 spiro atoms. The lowest BCUT2D eigenvalue weighted by molar-refractivity contribution is 0.0775. The number of aromatic nitrogens is 1. The minimum atomic E-state index is 0.286. The van der Waals surface area contributed by atoms with Crippen LogP contribution in [0.1, 0.15) is 37.3 Å². The fraction of sp³-hybridized carbons (Fsp3) is 0.333. The van der Waals surface area contributed by atoms with Crippen molar-refractivity contribution in [2.45, 2.75) is 33.1 Å². The zero-order valence-electron chi connectivity index (χ0n) is 14.5. The van der Waals surface area contributed by atoms with Gasteiger partial charge in [-0.05, 0) is 55.0 Å². The third kappa shape index (κ3) is 2.89. The van der Waals surface area contributed by atoms with Gasteiger partial charge in [-0.2, -0.15) is 5.26 Å². The molecule has 0 amide bonds. The molecule has 126 valence electrons. The smallest absolute Gasteiger partial charge is 0.130 e. The molecule has 25 heavy (non-hydrogen) atoms. The van der Waals surface area contributed by atoms with Crippen molar-refractivity contribution in [1.29, 1.82) is 5.26 Å². The molecule has 1 aromatic carbocycles. The van der Waals surface area contributed by atoms with Crippen LogP contribution in [-0.2, 0) is 0 Å². The Morgan fingerprint density at radius 3 is 2.84 bits per heavy atom. The van der Waals surface area contributed by atoms with Crippen LogP contribution >= 0.6 is 11.3 Å². The monoisotopic (exact) mass is 348 g/mol. The molecule has 1 saturated carbocycles. The molecule has 0 saturated heterocycles. The SMILES string of the molecule is Cc1cc(C#N)cc(-c2ccnc3ccsc23)c1OCC1(C)CCC1. The molecule has 0 atom stereocenters. The van der Waals surface area contributed by atoms with Crippen molar-refractivity contribution in [3.8, 4) is 22.9 Å². The number of hydrogen-bond donors (Lipinski definition) is 0. The first kappa shape index (κ1) is 16.1. The summed E-state index contributed by atoms with van der Waals surface area (Å²) in [5.41, 5.74) is 5.03. The van der Waals surface area contributed by atoms with Crippen LogP contribution in [0.3, 0.4) is 0 Å². The van der Waals surface area contributed by atoms with Crippen molar-refractivity contribution in [3.63, 3.8) is 0 Å². The first-order valence-corrected chi connectivity index (χ1v) is 9.48. The molecule has 4 rings (SSSR count). The van der Waals surface area contributed by atoms with E-state index >= 15 is 0 Å². The fourth-order valence-corrected chi connectivity index (χ4v) is 4.37. The van der Waals surface area contributed by atoms with Crippen LogP contribution in [0.15, 0.2) is 35.8 Å². The molecule has 0 radical (unpaired) electrons. The lowest BCUT2D eigenvalue weighted by atomic mass is 9.71.